The summed E-state index contributed by atoms with van der Waals surface area (Å²) < 4.78 is 7.77. The standard InChI is InChI=1S/C18H25N3O2/c1-3-21-16-9-5-4-8-15(16)19-17(21)13-20(2)18(22)11-10-14-7-6-12-23-14/h4-5,8-9,14H,3,6-7,10-13H2,1-2H3/t14-/m1/s1. The number of ether oxygens (including phenoxy) is 1. The molecule has 5 nitrogen and oxygen atoms in total. The second kappa shape index (κ2) is 7.13. The van der Waals surface area contributed by atoms with Crippen LogP contribution < -0.4 is 0 Å². The molecule has 1 atom stereocenters. The van der Waals surface area contributed by atoms with Crippen molar-refractivity contribution < 1.29 is 9.53 Å². The second-order valence-corrected chi connectivity index (χ2v) is 6.18. The number of hydrogen-bond acceptors (Lipinski definition) is 3. The lowest BCUT2D eigenvalue weighted by atomic mass is 10.1. The lowest BCUT2D eigenvalue weighted by Gasteiger charge is -2.18. The Labute approximate surface area is 137 Å². The number of benzene rings is 1. The Balaban J connectivity index is 1.64. The molecule has 1 aromatic carbocycles. The van der Waals surface area contributed by atoms with Gasteiger partial charge in [0.1, 0.15) is 5.82 Å². The van der Waals surface area contributed by atoms with Crippen LogP contribution in [-0.2, 0) is 22.6 Å². The van der Waals surface area contributed by atoms with Gasteiger partial charge in [0.05, 0.1) is 23.7 Å². The maximum absolute atomic E-state index is 12.4. The van der Waals surface area contributed by atoms with Gasteiger partial charge in [-0.05, 0) is 38.3 Å². The first-order chi connectivity index (χ1) is 11.2. The van der Waals surface area contributed by atoms with Crippen LogP contribution in [0.3, 0.4) is 0 Å². The number of hydrogen-bond donors (Lipinski definition) is 0. The first-order valence-electron chi connectivity index (χ1n) is 8.48. The Morgan fingerprint density at radius 2 is 2.26 bits per heavy atom. The molecule has 1 saturated heterocycles. The summed E-state index contributed by atoms with van der Waals surface area (Å²) in [5, 5.41) is 0. The number of carbonyl (C=O) groups excluding carboxylic acids is 1. The number of carbonyl (C=O) groups is 1. The molecular formula is C18H25N3O2. The van der Waals surface area contributed by atoms with Crippen LogP contribution in [0.15, 0.2) is 24.3 Å². The SMILES string of the molecule is CCn1c(CN(C)C(=O)CC[C@H]2CCCO2)nc2ccccc21. The molecule has 3 rings (SSSR count). The van der Waals surface area contributed by atoms with Crippen molar-refractivity contribution in [3.05, 3.63) is 30.1 Å². The number of aryl methyl sites for hydroxylation is 1. The highest BCUT2D eigenvalue weighted by molar-refractivity contribution is 5.77. The molecule has 1 aromatic heterocycles. The van der Waals surface area contributed by atoms with Crippen LogP contribution >= 0.6 is 0 Å². The lowest BCUT2D eigenvalue weighted by Crippen LogP contribution is -2.28. The molecule has 1 aliphatic rings. The van der Waals surface area contributed by atoms with Crippen LogP contribution in [0.4, 0.5) is 0 Å². The van der Waals surface area contributed by atoms with Gasteiger partial charge in [0.25, 0.3) is 0 Å². The second-order valence-electron chi connectivity index (χ2n) is 6.18. The zero-order valence-electron chi connectivity index (χ0n) is 14.0. The molecule has 0 aliphatic carbocycles. The lowest BCUT2D eigenvalue weighted by molar-refractivity contribution is -0.131. The fraction of sp³-hybridized carbons (Fsp3) is 0.556. The Hall–Kier alpha value is -1.88. The van der Waals surface area contributed by atoms with Gasteiger partial charge in [-0.25, -0.2) is 4.98 Å². The predicted octanol–water partition coefficient (Wildman–Crippen LogP) is 2.97. The minimum absolute atomic E-state index is 0.162. The maximum atomic E-state index is 12.4. The number of nitrogens with zero attached hydrogens (tertiary/aromatic N) is 3. The molecule has 2 aromatic rings. The highest BCUT2D eigenvalue weighted by atomic mass is 16.5. The van der Waals surface area contributed by atoms with Crippen molar-refractivity contribution in [3.63, 3.8) is 0 Å². The van der Waals surface area contributed by atoms with E-state index in [-0.39, 0.29) is 12.0 Å². The van der Waals surface area contributed by atoms with Crippen LogP contribution in [0.2, 0.25) is 0 Å². The van der Waals surface area contributed by atoms with Crippen molar-refractivity contribution in [1.82, 2.24) is 14.5 Å². The first kappa shape index (κ1) is 16.0. The van der Waals surface area contributed by atoms with E-state index in [1.807, 2.05) is 25.2 Å². The number of imidazole rings is 1. The van der Waals surface area contributed by atoms with Gasteiger partial charge in [-0.1, -0.05) is 12.1 Å². The van der Waals surface area contributed by atoms with Crippen LogP contribution in [0.5, 0.6) is 0 Å². The third-order valence-corrected chi connectivity index (χ3v) is 4.56. The smallest absolute Gasteiger partial charge is 0.222 e. The van der Waals surface area contributed by atoms with E-state index in [2.05, 4.69) is 22.5 Å². The molecule has 23 heavy (non-hydrogen) atoms. The third-order valence-electron chi connectivity index (χ3n) is 4.56. The molecule has 2 heterocycles. The van der Waals surface area contributed by atoms with Crippen molar-refractivity contribution in [3.8, 4) is 0 Å². The molecular weight excluding hydrogens is 290 g/mol. The molecule has 0 bridgehead atoms. The topological polar surface area (TPSA) is 47.4 Å². The summed E-state index contributed by atoms with van der Waals surface area (Å²) in [4.78, 5) is 18.8. The van der Waals surface area contributed by atoms with Crippen molar-refractivity contribution >= 4 is 16.9 Å². The molecule has 0 unspecified atom stereocenters. The van der Waals surface area contributed by atoms with Crippen molar-refractivity contribution in [2.24, 2.45) is 0 Å². The Bertz CT molecular complexity index is 674. The summed E-state index contributed by atoms with van der Waals surface area (Å²) in [5.74, 6) is 1.11. The number of rotatable bonds is 6. The van der Waals surface area contributed by atoms with E-state index >= 15 is 0 Å². The normalized spacial score (nSPS) is 17.7. The highest BCUT2D eigenvalue weighted by Crippen LogP contribution is 2.19. The fourth-order valence-corrected chi connectivity index (χ4v) is 3.25. The fourth-order valence-electron chi connectivity index (χ4n) is 3.25. The van der Waals surface area contributed by atoms with E-state index in [1.54, 1.807) is 4.90 Å². The van der Waals surface area contributed by atoms with E-state index in [1.165, 1.54) is 0 Å². The van der Waals surface area contributed by atoms with Crippen LogP contribution in [0, 0.1) is 0 Å². The van der Waals surface area contributed by atoms with E-state index in [9.17, 15) is 4.79 Å². The molecule has 0 spiro atoms. The summed E-state index contributed by atoms with van der Waals surface area (Å²) in [5.41, 5.74) is 2.12. The van der Waals surface area contributed by atoms with Gasteiger partial charge < -0.3 is 14.2 Å². The summed E-state index contributed by atoms with van der Waals surface area (Å²) >= 11 is 0. The van der Waals surface area contributed by atoms with E-state index in [0.29, 0.717) is 13.0 Å². The zero-order valence-corrected chi connectivity index (χ0v) is 14.0. The molecule has 5 heteroatoms. The van der Waals surface area contributed by atoms with Gasteiger partial charge in [0.15, 0.2) is 0 Å². The summed E-state index contributed by atoms with van der Waals surface area (Å²) in [6, 6.07) is 8.12. The number of amides is 1. The van der Waals surface area contributed by atoms with Gasteiger partial charge >= 0.3 is 0 Å². The van der Waals surface area contributed by atoms with Gasteiger partial charge in [0, 0.05) is 26.6 Å². The number of para-hydroxylation sites is 2. The average Bonchev–Trinajstić information content (AvgIpc) is 3.19. The maximum Gasteiger partial charge on any atom is 0.222 e. The Morgan fingerprint density at radius 1 is 1.43 bits per heavy atom. The highest BCUT2D eigenvalue weighted by Gasteiger charge is 2.19. The average molecular weight is 315 g/mol. The summed E-state index contributed by atoms with van der Waals surface area (Å²) in [6.45, 7) is 4.35. The first-order valence-corrected chi connectivity index (χ1v) is 8.48. The van der Waals surface area contributed by atoms with Crippen molar-refractivity contribution in [2.45, 2.75) is 51.8 Å². The number of fused-ring (bicyclic) bond motifs is 1. The quantitative estimate of drug-likeness (QED) is 0.823. The summed E-state index contributed by atoms with van der Waals surface area (Å²) in [6.07, 6.45) is 3.85. The van der Waals surface area contributed by atoms with Gasteiger partial charge in [-0.3, -0.25) is 4.79 Å². The van der Waals surface area contributed by atoms with E-state index in [4.69, 9.17) is 4.74 Å². The van der Waals surface area contributed by atoms with Crippen molar-refractivity contribution in [2.75, 3.05) is 13.7 Å². The molecule has 124 valence electrons. The van der Waals surface area contributed by atoms with Gasteiger partial charge in [-0.2, -0.15) is 0 Å². The molecule has 1 fully saturated rings. The largest absolute Gasteiger partial charge is 0.378 e. The van der Waals surface area contributed by atoms with Crippen LogP contribution in [-0.4, -0.2) is 40.1 Å². The van der Waals surface area contributed by atoms with E-state index < -0.39 is 0 Å². The minimum Gasteiger partial charge on any atom is -0.378 e. The monoisotopic (exact) mass is 315 g/mol. The molecule has 0 N–H and O–H groups in total. The zero-order chi connectivity index (χ0) is 16.2. The molecule has 1 amide bonds. The van der Waals surface area contributed by atoms with Gasteiger partial charge in [-0.15, -0.1) is 0 Å². The summed E-state index contributed by atoms with van der Waals surface area (Å²) in [7, 11) is 1.86. The van der Waals surface area contributed by atoms with E-state index in [0.717, 1.165) is 49.3 Å². The Morgan fingerprint density at radius 3 is 3.00 bits per heavy atom. The third kappa shape index (κ3) is 3.55. The van der Waals surface area contributed by atoms with Crippen LogP contribution in [0.1, 0.15) is 38.4 Å². The van der Waals surface area contributed by atoms with Crippen molar-refractivity contribution in [1.29, 1.82) is 0 Å². The molecule has 0 saturated carbocycles. The number of aromatic nitrogens is 2. The molecule has 1 aliphatic heterocycles. The predicted molar refractivity (Wildman–Crippen MR) is 90.1 cm³/mol. The van der Waals surface area contributed by atoms with Crippen LogP contribution in [0.25, 0.3) is 11.0 Å². The Kier molecular flexibility index (Phi) is 4.96. The minimum atomic E-state index is 0.162. The molecule has 0 radical (unpaired) electrons. The van der Waals surface area contributed by atoms with Gasteiger partial charge in [0.2, 0.25) is 5.91 Å².